The van der Waals surface area contributed by atoms with Crippen LogP contribution in [0.3, 0.4) is 0 Å². The van der Waals surface area contributed by atoms with E-state index in [0.717, 1.165) is 6.08 Å². The van der Waals surface area contributed by atoms with E-state index in [0.29, 0.717) is 5.41 Å². The fourth-order valence-electron chi connectivity index (χ4n) is 0.434. The molecule has 0 saturated heterocycles. The van der Waals surface area contributed by atoms with Crippen molar-refractivity contribution in [2.45, 2.75) is 6.92 Å². The Morgan fingerprint density at radius 1 is 1.58 bits per heavy atom. The minimum Gasteiger partial charge on any atom is -0.427 e. The van der Waals surface area contributed by atoms with Gasteiger partial charge in [-0.25, -0.2) is 4.79 Å². The maximum atomic E-state index is 10.5. The van der Waals surface area contributed by atoms with Gasteiger partial charge in [0, 0.05) is 6.08 Å². The molecule has 0 rings (SSSR count). The normalized spacial score (nSPS) is 12.3. The average molecular weight is 192 g/mol. The van der Waals surface area contributed by atoms with Crippen LogP contribution in [-0.2, 0) is 19.6 Å². The Balaban J connectivity index is 4.42. The highest BCUT2D eigenvalue weighted by Crippen LogP contribution is 1.99. The van der Waals surface area contributed by atoms with E-state index < -0.39 is 16.1 Å². The van der Waals surface area contributed by atoms with Crippen LogP contribution in [0.25, 0.3) is 0 Å². The van der Waals surface area contributed by atoms with E-state index in [1.54, 1.807) is 0 Å². The first-order chi connectivity index (χ1) is 5.35. The molecular weight excluding hydrogens is 184 g/mol. The van der Waals surface area contributed by atoms with E-state index in [4.69, 9.17) is 4.55 Å². The van der Waals surface area contributed by atoms with Crippen molar-refractivity contribution in [1.82, 2.24) is 0 Å². The third-order valence-electron chi connectivity index (χ3n) is 0.743. The van der Waals surface area contributed by atoms with Crippen LogP contribution in [0.15, 0.2) is 23.8 Å². The molecule has 0 spiro atoms. The summed E-state index contributed by atoms with van der Waals surface area (Å²) in [6, 6.07) is 0. The number of rotatable bonds is 3. The molecular formula is C6H8O5S. The molecule has 1 N–H and O–H groups in total. The molecule has 0 atom stereocenters. The number of carbonyl (C=O) groups is 1. The number of carbonyl (C=O) groups excluding carboxylic acids is 1. The highest BCUT2D eigenvalue weighted by molar-refractivity contribution is 7.88. The zero-order valence-corrected chi connectivity index (χ0v) is 7.17. The van der Waals surface area contributed by atoms with Crippen LogP contribution in [0.5, 0.6) is 0 Å². The largest absolute Gasteiger partial charge is 0.427 e. The lowest BCUT2D eigenvalue weighted by atomic mass is 10.6. The smallest absolute Gasteiger partial charge is 0.335 e. The summed E-state index contributed by atoms with van der Waals surface area (Å²) in [5, 5.41) is 0.425. The van der Waals surface area contributed by atoms with Gasteiger partial charge in [-0.05, 0) is 6.92 Å². The van der Waals surface area contributed by atoms with Crippen molar-refractivity contribution in [3.05, 3.63) is 23.8 Å². The van der Waals surface area contributed by atoms with Gasteiger partial charge in [-0.1, -0.05) is 6.58 Å². The van der Waals surface area contributed by atoms with Crippen LogP contribution in [0.4, 0.5) is 0 Å². The second kappa shape index (κ2) is 4.03. The molecule has 0 aliphatic carbocycles. The molecule has 0 amide bonds. The van der Waals surface area contributed by atoms with Crippen molar-refractivity contribution >= 4 is 16.1 Å². The van der Waals surface area contributed by atoms with Crippen molar-refractivity contribution < 1.29 is 22.5 Å². The Morgan fingerprint density at radius 2 is 2.08 bits per heavy atom. The molecule has 0 aliphatic heterocycles. The maximum absolute atomic E-state index is 10.5. The molecule has 0 bridgehead atoms. The summed E-state index contributed by atoms with van der Waals surface area (Å²) in [6.45, 7) is 4.31. The first kappa shape index (κ1) is 10.9. The molecule has 0 aromatic rings. The predicted octanol–water partition coefficient (Wildman–Crippen LogP) is 0.465. The quantitative estimate of drug-likeness (QED) is 0.304. The van der Waals surface area contributed by atoms with Gasteiger partial charge in [0.1, 0.15) is 5.76 Å². The summed E-state index contributed by atoms with van der Waals surface area (Å²) >= 11 is 0. The zero-order valence-electron chi connectivity index (χ0n) is 6.35. The standard InChI is InChI=1S/C6H8O5S/c1-3-6(7)11-5(2)4-12(8,9)10/h3-4H,1H2,2H3,(H,8,9,10). The van der Waals surface area contributed by atoms with E-state index >= 15 is 0 Å². The van der Waals surface area contributed by atoms with Gasteiger partial charge in [0.2, 0.25) is 0 Å². The van der Waals surface area contributed by atoms with Crippen molar-refractivity contribution in [2.75, 3.05) is 0 Å². The van der Waals surface area contributed by atoms with Crippen LogP contribution in [0.2, 0.25) is 0 Å². The van der Waals surface area contributed by atoms with Gasteiger partial charge in [0.15, 0.2) is 0 Å². The Bertz CT molecular complexity index is 311. The summed E-state index contributed by atoms with van der Waals surface area (Å²) in [6.07, 6.45) is 0.876. The third kappa shape index (κ3) is 5.63. The number of esters is 1. The van der Waals surface area contributed by atoms with Gasteiger partial charge < -0.3 is 4.74 Å². The average Bonchev–Trinajstić information content (AvgIpc) is 1.82. The topological polar surface area (TPSA) is 80.7 Å². The number of hydrogen-bond donors (Lipinski definition) is 1. The molecule has 12 heavy (non-hydrogen) atoms. The van der Waals surface area contributed by atoms with Gasteiger partial charge in [-0.3, -0.25) is 4.55 Å². The molecule has 68 valence electrons. The predicted molar refractivity (Wildman–Crippen MR) is 41.6 cm³/mol. The Morgan fingerprint density at radius 3 is 2.42 bits per heavy atom. The number of ether oxygens (including phenoxy) is 1. The van der Waals surface area contributed by atoms with E-state index in [1.165, 1.54) is 6.92 Å². The van der Waals surface area contributed by atoms with Gasteiger partial charge in [0.25, 0.3) is 10.1 Å². The Kier molecular flexibility index (Phi) is 3.65. The Hall–Kier alpha value is -1.14. The van der Waals surface area contributed by atoms with Gasteiger partial charge in [-0.15, -0.1) is 0 Å². The minimum atomic E-state index is -4.25. The first-order valence-corrected chi connectivity index (χ1v) is 4.35. The fraction of sp³-hybridized carbons (Fsp3) is 0.167. The third-order valence-corrected chi connectivity index (χ3v) is 1.37. The lowest BCUT2D eigenvalue weighted by Gasteiger charge is -1.98. The lowest BCUT2D eigenvalue weighted by Crippen LogP contribution is -2.00. The fourth-order valence-corrected chi connectivity index (χ4v) is 0.902. The van der Waals surface area contributed by atoms with Crippen molar-refractivity contribution in [2.24, 2.45) is 0 Å². The molecule has 0 aliphatic rings. The van der Waals surface area contributed by atoms with E-state index in [2.05, 4.69) is 11.3 Å². The van der Waals surface area contributed by atoms with Crippen molar-refractivity contribution in [3.63, 3.8) is 0 Å². The lowest BCUT2D eigenvalue weighted by molar-refractivity contribution is -0.133. The summed E-state index contributed by atoms with van der Waals surface area (Å²) in [5.41, 5.74) is 0. The molecule has 0 aromatic heterocycles. The summed E-state index contributed by atoms with van der Waals surface area (Å²) in [4.78, 5) is 10.5. The Labute approximate surface area is 70.1 Å². The van der Waals surface area contributed by atoms with E-state index in [1.807, 2.05) is 0 Å². The molecule has 6 heteroatoms. The van der Waals surface area contributed by atoms with Gasteiger partial charge in [-0.2, -0.15) is 8.42 Å². The molecule has 0 fully saturated rings. The van der Waals surface area contributed by atoms with Crippen LogP contribution in [0.1, 0.15) is 6.92 Å². The summed E-state index contributed by atoms with van der Waals surface area (Å²) < 4.78 is 32.9. The summed E-state index contributed by atoms with van der Waals surface area (Å²) in [7, 11) is -4.25. The van der Waals surface area contributed by atoms with Gasteiger partial charge >= 0.3 is 5.97 Å². The van der Waals surface area contributed by atoms with Crippen molar-refractivity contribution in [1.29, 1.82) is 0 Å². The van der Waals surface area contributed by atoms with Crippen LogP contribution < -0.4 is 0 Å². The monoisotopic (exact) mass is 192 g/mol. The number of allylic oxidation sites excluding steroid dienone is 1. The molecule has 5 nitrogen and oxygen atoms in total. The second-order valence-corrected chi connectivity index (χ2v) is 3.13. The molecule has 0 aromatic carbocycles. The summed E-state index contributed by atoms with van der Waals surface area (Å²) in [5.74, 6) is -1.00. The minimum absolute atomic E-state index is 0.220. The maximum Gasteiger partial charge on any atom is 0.335 e. The first-order valence-electron chi connectivity index (χ1n) is 2.85. The highest BCUT2D eigenvalue weighted by Gasteiger charge is 2.03. The van der Waals surface area contributed by atoms with Crippen LogP contribution in [0, 0.1) is 0 Å². The van der Waals surface area contributed by atoms with Crippen LogP contribution >= 0.6 is 0 Å². The van der Waals surface area contributed by atoms with E-state index in [9.17, 15) is 13.2 Å². The number of hydrogen-bond acceptors (Lipinski definition) is 4. The molecule has 0 radical (unpaired) electrons. The molecule has 0 heterocycles. The van der Waals surface area contributed by atoms with Gasteiger partial charge in [0.05, 0.1) is 5.41 Å². The van der Waals surface area contributed by atoms with E-state index in [-0.39, 0.29) is 5.76 Å². The second-order valence-electron chi connectivity index (χ2n) is 1.87. The van der Waals surface area contributed by atoms with Crippen LogP contribution in [-0.4, -0.2) is 18.9 Å². The SMILES string of the molecule is C=CC(=O)OC(C)=CS(=O)(=O)O. The zero-order chi connectivity index (χ0) is 9.78. The van der Waals surface area contributed by atoms with Crippen molar-refractivity contribution in [3.8, 4) is 0 Å². The molecule has 0 unspecified atom stereocenters. The molecule has 0 saturated carbocycles. The highest BCUT2D eigenvalue weighted by atomic mass is 32.2.